The number of aromatic nitrogens is 1. The van der Waals surface area contributed by atoms with Crippen LogP contribution in [0.5, 0.6) is 0 Å². The first-order chi connectivity index (χ1) is 9.08. The second-order valence-electron chi connectivity index (χ2n) is 4.41. The molecule has 0 radical (unpaired) electrons. The third kappa shape index (κ3) is 3.07. The number of rotatable bonds is 4. The van der Waals surface area contributed by atoms with E-state index in [2.05, 4.69) is 10.3 Å². The molecular weight excluding hydrogens is 242 g/mol. The molecule has 0 spiro atoms. The Morgan fingerprint density at radius 2 is 2.05 bits per heavy atom. The maximum absolute atomic E-state index is 10.9. The third-order valence-electron chi connectivity index (χ3n) is 3.03. The van der Waals surface area contributed by atoms with Gasteiger partial charge in [-0.1, -0.05) is 6.07 Å². The van der Waals surface area contributed by atoms with Gasteiger partial charge in [0, 0.05) is 36.3 Å². The van der Waals surface area contributed by atoms with Crippen LogP contribution in [0.4, 0.5) is 11.4 Å². The Labute approximate surface area is 111 Å². The fourth-order valence-corrected chi connectivity index (χ4v) is 1.81. The summed E-state index contributed by atoms with van der Waals surface area (Å²) in [6.07, 6.45) is 3.54. The predicted octanol–water partition coefficient (Wildman–Crippen LogP) is 3.22. The lowest BCUT2D eigenvalue weighted by atomic mass is 10.1. The fourth-order valence-electron chi connectivity index (χ4n) is 1.81. The molecule has 0 unspecified atom stereocenters. The second kappa shape index (κ2) is 5.48. The summed E-state index contributed by atoms with van der Waals surface area (Å²) >= 11 is 0. The lowest BCUT2D eigenvalue weighted by Crippen LogP contribution is -2.02. The highest BCUT2D eigenvalue weighted by atomic mass is 16.6. The van der Waals surface area contributed by atoms with Crippen LogP contribution < -0.4 is 5.32 Å². The summed E-state index contributed by atoms with van der Waals surface area (Å²) in [4.78, 5) is 14.5. The minimum atomic E-state index is -0.363. The van der Waals surface area contributed by atoms with Crippen LogP contribution in [0, 0.1) is 24.0 Å². The van der Waals surface area contributed by atoms with Crippen LogP contribution in [-0.2, 0) is 6.54 Å². The highest BCUT2D eigenvalue weighted by Gasteiger charge is 2.10. The van der Waals surface area contributed by atoms with Crippen LogP contribution in [0.1, 0.15) is 16.7 Å². The highest BCUT2D eigenvalue weighted by molar-refractivity contribution is 5.55. The van der Waals surface area contributed by atoms with E-state index in [0.717, 1.165) is 16.8 Å². The van der Waals surface area contributed by atoms with Crippen LogP contribution in [0.3, 0.4) is 0 Å². The molecule has 0 amide bonds. The van der Waals surface area contributed by atoms with Gasteiger partial charge in [-0.3, -0.25) is 15.1 Å². The van der Waals surface area contributed by atoms with Crippen LogP contribution in [0.25, 0.3) is 0 Å². The van der Waals surface area contributed by atoms with Gasteiger partial charge in [0.05, 0.1) is 4.92 Å². The van der Waals surface area contributed by atoms with Gasteiger partial charge in [0.1, 0.15) is 0 Å². The summed E-state index contributed by atoms with van der Waals surface area (Å²) in [6, 6.07) is 7.09. The summed E-state index contributed by atoms with van der Waals surface area (Å²) in [7, 11) is 0. The van der Waals surface area contributed by atoms with Crippen molar-refractivity contribution in [2.45, 2.75) is 20.4 Å². The lowest BCUT2D eigenvalue weighted by molar-refractivity contribution is -0.385. The molecule has 19 heavy (non-hydrogen) atoms. The fraction of sp³-hybridized carbons (Fsp3) is 0.214. The van der Waals surface area contributed by atoms with Gasteiger partial charge in [0.25, 0.3) is 5.69 Å². The molecule has 5 heteroatoms. The smallest absolute Gasteiger partial charge is 0.274 e. The molecule has 0 saturated heterocycles. The maximum atomic E-state index is 10.9. The number of pyridine rings is 1. The Morgan fingerprint density at radius 3 is 2.74 bits per heavy atom. The molecule has 2 rings (SSSR count). The van der Waals surface area contributed by atoms with Gasteiger partial charge in [-0.05, 0) is 37.1 Å². The van der Waals surface area contributed by atoms with Crippen molar-refractivity contribution in [3.63, 3.8) is 0 Å². The van der Waals surface area contributed by atoms with Crippen LogP contribution >= 0.6 is 0 Å². The number of benzene rings is 1. The Bertz CT molecular complexity index is 611. The number of hydrogen-bond acceptors (Lipinski definition) is 4. The third-order valence-corrected chi connectivity index (χ3v) is 3.03. The average Bonchev–Trinajstić information content (AvgIpc) is 2.39. The lowest BCUT2D eigenvalue weighted by Gasteiger charge is -2.09. The zero-order valence-electron chi connectivity index (χ0n) is 10.9. The van der Waals surface area contributed by atoms with Gasteiger partial charge in [-0.25, -0.2) is 0 Å². The van der Waals surface area contributed by atoms with Crippen molar-refractivity contribution in [1.29, 1.82) is 0 Å². The molecule has 1 N–H and O–H groups in total. The van der Waals surface area contributed by atoms with E-state index in [0.29, 0.717) is 12.1 Å². The predicted molar refractivity (Wildman–Crippen MR) is 74.1 cm³/mol. The quantitative estimate of drug-likeness (QED) is 0.674. The van der Waals surface area contributed by atoms with E-state index in [-0.39, 0.29) is 10.6 Å². The normalized spacial score (nSPS) is 10.2. The summed E-state index contributed by atoms with van der Waals surface area (Å²) in [6.45, 7) is 4.34. The number of nitrogens with zero attached hydrogens (tertiary/aromatic N) is 2. The first-order valence-corrected chi connectivity index (χ1v) is 5.96. The Morgan fingerprint density at radius 1 is 1.26 bits per heavy atom. The Kier molecular flexibility index (Phi) is 3.75. The molecule has 1 aromatic heterocycles. The van der Waals surface area contributed by atoms with E-state index in [1.807, 2.05) is 19.1 Å². The van der Waals surface area contributed by atoms with E-state index in [1.54, 1.807) is 31.5 Å². The van der Waals surface area contributed by atoms with Crippen LogP contribution in [0.15, 0.2) is 36.7 Å². The molecule has 0 aliphatic carbocycles. The summed E-state index contributed by atoms with van der Waals surface area (Å²) in [5.41, 5.74) is 3.76. The van der Waals surface area contributed by atoms with Crippen molar-refractivity contribution in [2.75, 3.05) is 5.32 Å². The summed E-state index contributed by atoms with van der Waals surface area (Å²) in [5, 5.41) is 14.1. The Balaban J connectivity index is 2.14. The molecule has 1 aromatic carbocycles. The first kappa shape index (κ1) is 13.0. The number of hydrogen-bond donors (Lipinski definition) is 1. The van der Waals surface area contributed by atoms with E-state index in [1.165, 1.54) is 0 Å². The standard InChI is InChI=1S/C14H15N3O2/c1-10-3-4-13(7-14(10)17(18)19)16-9-12-5-6-15-8-11(12)2/h3-8,16H,9H2,1-2H3. The van der Waals surface area contributed by atoms with E-state index < -0.39 is 0 Å². The molecule has 0 bridgehead atoms. The number of nitrogens with one attached hydrogen (secondary N) is 1. The largest absolute Gasteiger partial charge is 0.381 e. The number of anilines is 1. The molecule has 0 atom stereocenters. The van der Waals surface area contributed by atoms with Gasteiger partial charge in [0.15, 0.2) is 0 Å². The summed E-state index contributed by atoms with van der Waals surface area (Å²) < 4.78 is 0. The van der Waals surface area contributed by atoms with E-state index in [9.17, 15) is 10.1 Å². The monoisotopic (exact) mass is 257 g/mol. The van der Waals surface area contributed by atoms with Gasteiger partial charge < -0.3 is 5.32 Å². The van der Waals surface area contributed by atoms with E-state index in [4.69, 9.17) is 0 Å². The highest BCUT2D eigenvalue weighted by Crippen LogP contribution is 2.22. The minimum Gasteiger partial charge on any atom is -0.381 e. The summed E-state index contributed by atoms with van der Waals surface area (Å²) in [5.74, 6) is 0. The van der Waals surface area contributed by atoms with Crippen molar-refractivity contribution in [2.24, 2.45) is 0 Å². The molecular formula is C14H15N3O2. The minimum absolute atomic E-state index is 0.136. The molecule has 1 heterocycles. The number of nitro benzene ring substituents is 1. The zero-order valence-corrected chi connectivity index (χ0v) is 10.9. The maximum Gasteiger partial charge on any atom is 0.274 e. The molecule has 0 aliphatic rings. The van der Waals surface area contributed by atoms with E-state index >= 15 is 0 Å². The zero-order chi connectivity index (χ0) is 13.8. The van der Waals surface area contributed by atoms with Crippen molar-refractivity contribution < 1.29 is 4.92 Å². The molecule has 5 nitrogen and oxygen atoms in total. The number of nitro groups is 1. The van der Waals surface area contributed by atoms with Crippen molar-refractivity contribution >= 4 is 11.4 Å². The van der Waals surface area contributed by atoms with Crippen molar-refractivity contribution in [3.8, 4) is 0 Å². The van der Waals surface area contributed by atoms with Crippen LogP contribution in [0.2, 0.25) is 0 Å². The van der Waals surface area contributed by atoms with Crippen LogP contribution in [-0.4, -0.2) is 9.91 Å². The molecule has 0 fully saturated rings. The Hall–Kier alpha value is -2.43. The average molecular weight is 257 g/mol. The topological polar surface area (TPSA) is 68.1 Å². The van der Waals surface area contributed by atoms with Gasteiger partial charge >= 0.3 is 0 Å². The molecule has 2 aromatic rings. The van der Waals surface area contributed by atoms with Gasteiger partial charge in [0.2, 0.25) is 0 Å². The molecule has 0 aliphatic heterocycles. The van der Waals surface area contributed by atoms with Gasteiger partial charge in [-0.15, -0.1) is 0 Å². The molecule has 98 valence electrons. The van der Waals surface area contributed by atoms with Crippen molar-refractivity contribution in [3.05, 3.63) is 63.5 Å². The SMILES string of the molecule is Cc1cnccc1CNc1ccc(C)c([N+](=O)[O-])c1. The van der Waals surface area contributed by atoms with Gasteiger partial charge in [-0.2, -0.15) is 0 Å². The molecule has 0 saturated carbocycles. The van der Waals surface area contributed by atoms with Crippen molar-refractivity contribution in [1.82, 2.24) is 4.98 Å². The first-order valence-electron chi connectivity index (χ1n) is 5.96. The number of aryl methyl sites for hydroxylation is 2. The second-order valence-corrected chi connectivity index (χ2v) is 4.41.